The summed E-state index contributed by atoms with van der Waals surface area (Å²) in [5.41, 5.74) is 3.17. The molecule has 1 saturated carbocycles. The summed E-state index contributed by atoms with van der Waals surface area (Å²) < 4.78 is 0. The van der Waals surface area contributed by atoms with Crippen LogP contribution >= 0.6 is 11.6 Å². The molecule has 116 valence electrons. The molecule has 2 aliphatic rings. The first-order valence-corrected chi connectivity index (χ1v) is 8.89. The highest BCUT2D eigenvalue weighted by atomic mass is 35.5. The van der Waals surface area contributed by atoms with E-state index in [1.165, 1.54) is 43.2 Å². The van der Waals surface area contributed by atoms with E-state index in [2.05, 4.69) is 38.2 Å². The second-order valence-electron chi connectivity index (χ2n) is 7.79. The Kier molecular flexibility index (Phi) is 4.34. The number of hydrogen-bond donors (Lipinski definition) is 1. The van der Waals surface area contributed by atoms with Crippen LogP contribution in [0.2, 0.25) is 5.02 Å². The van der Waals surface area contributed by atoms with Crippen LogP contribution in [0.25, 0.3) is 0 Å². The minimum Gasteiger partial charge on any atom is -0.307 e. The van der Waals surface area contributed by atoms with Gasteiger partial charge in [-0.3, -0.25) is 0 Å². The van der Waals surface area contributed by atoms with E-state index in [9.17, 15) is 0 Å². The van der Waals surface area contributed by atoms with Gasteiger partial charge in [-0.15, -0.1) is 0 Å². The highest BCUT2D eigenvalue weighted by Crippen LogP contribution is 2.46. The lowest BCUT2D eigenvalue weighted by atomic mass is 9.81. The van der Waals surface area contributed by atoms with E-state index in [0.29, 0.717) is 12.1 Å². The van der Waals surface area contributed by atoms with Crippen molar-refractivity contribution in [1.29, 1.82) is 0 Å². The van der Waals surface area contributed by atoms with Crippen molar-refractivity contribution in [2.45, 2.75) is 71.4 Å². The van der Waals surface area contributed by atoms with Crippen molar-refractivity contribution in [3.63, 3.8) is 0 Å². The fourth-order valence-corrected chi connectivity index (χ4v) is 4.54. The number of rotatable bonds is 3. The third-order valence-corrected chi connectivity index (χ3v) is 5.87. The van der Waals surface area contributed by atoms with Gasteiger partial charge in [-0.1, -0.05) is 50.8 Å². The van der Waals surface area contributed by atoms with Gasteiger partial charge in [-0.25, -0.2) is 0 Å². The summed E-state index contributed by atoms with van der Waals surface area (Å²) in [6.07, 6.45) is 8.18. The Balaban J connectivity index is 1.78. The largest absolute Gasteiger partial charge is 0.307 e. The van der Waals surface area contributed by atoms with Gasteiger partial charge < -0.3 is 5.32 Å². The number of benzene rings is 1. The molecule has 3 rings (SSSR count). The molecule has 0 saturated heterocycles. The Morgan fingerprint density at radius 1 is 1.19 bits per heavy atom. The Hall–Kier alpha value is -0.530. The standard InChI is InChI=1S/C19H28ClN/c1-13(14-7-5-4-6-8-14)21-18-17-11-16(20)10-9-15(17)12-19(18,2)3/h9-11,13-14,18,21H,4-8,12H2,1-3H3. The molecule has 0 radical (unpaired) electrons. The molecular weight excluding hydrogens is 278 g/mol. The molecule has 0 aliphatic heterocycles. The van der Waals surface area contributed by atoms with Gasteiger partial charge >= 0.3 is 0 Å². The fourth-order valence-electron chi connectivity index (χ4n) is 4.36. The molecule has 0 bridgehead atoms. The maximum absolute atomic E-state index is 6.24. The van der Waals surface area contributed by atoms with E-state index >= 15 is 0 Å². The molecule has 1 nitrogen and oxygen atoms in total. The molecule has 2 heteroatoms. The van der Waals surface area contributed by atoms with Gasteiger partial charge in [0.1, 0.15) is 0 Å². The molecule has 0 spiro atoms. The maximum Gasteiger partial charge on any atom is 0.0409 e. The second-order valence-corrected chi connectivity index (χ2v) is 8.23. The Morgan fingerprint density at radius 2 is 1.90 bits per heavy atom. The van der Waals surface area contributed by atoms with Crippen LogP contribution in [-0.4, -0.2) is 6.04 Å². The Morgan fingerprint density at radius 3 is 2.62 bits per heavy atom. The molecule has 1 N–H and O–H groups in total. The first-order chi connectivity index (χ1) is 9.97. The van der Waals surface area contributed by atoms with Crippen molar-refractivity contribution in [2.75, 3.05) is 0 Å². The summed E-state index contributed by atoms with van der Waals surface area (Å²) in [6, 6.07) is 7.45. The van der Waals surface area contributed by atoms with Gasteiger partial charge in [0.25, 0.3) is 0 Å². The number of halogens is 1. The van der Waals surface area contributed by atoms with E-state index in [0.717, 1.165) is 17.4 Å². The predicted molar refractivity (Wildman–Crippen MR) is 90.9 cm³/mol. The molecule has 2 atom stereocenters. The monoisotopic (exact) mass is 305 g/mol. The van der Waals surface area contributed by atoms with Crippen LogP contribution in [0.4, 0.5) is 0 Å². The average molecular weight is 306 g/mol. The predicted octanol–water partition coefficient (Wildman–Crippen LogP) is 5.52. The van der Waals surface area contributed by atoms with Gasteiger partial charge in [0.2, 0.25) is 0 Å². The summed E-state index contributed by atoms with van der Waals surface area (Å²) >= 11 is 6.24. The first-order valence-electron chi connectivity index (χ1n) is 8.52. The van der Waals surface area contributed by atoms with E-state index in [1.54, 1.807) is 0 Å². The summed E-state index contributed by atoms with van der Waals surface area (Å²) in [4.78, 5) is 0. The zero-order valence-corrected chi connectivity index (χ0v) is 14.3. The van der Waals surface area contributed by atoms with Gasteiger partial charge in [-0.05, 0) is 60.8 Å². The normalized spacial score (nSPS) is 26.6. The molecule has 2 aliphatic carbocycles. The Bertz CT molecular complexity index is 502. The number of hydrogen-bond acceptors (Lipinski definition) is 1. The molecule has 1 aromatic carbocycles. The lowest BCUT2D eigenvalue weighted by Crippen LogP contribution is -2.41. The minimum atomic E-state index is 0.274. The SMILES string of the molecule is CC(NC1c2cc(Cl)ccc2CC1(C)C)C1CCCCC1. The number of fused-ring (bicyclic) bond motifs is 1. The lowest BCUT2D eigenvalue weighted by molar-refractivity contribution is 0.203. The molecule has 1 fully saturated rings. The molecule has 0 amide bonds. The summed E-state index contributed by atoms with van der Waals surface area (Å²) in [5, 5.41) is 4.83. The topological polar surface area (TPSA) is 12.0 Å². The van der Waals surface area contributed by atoms with Crippen molar-refractivity contribution in [2.24, 2.45) is 11.3 Å². The zero-order valence-electron chi connectivity index (χ0n) is 13.6. The first kappa shape index (κ1) is 15.4. The van der Waals surface area contributed by atoms with Gasteiger partial charge in [0, 0.05) is 17.1 Å². The quantitative estimate of drug-likeness (QED) is 0.775. The van der Waals surface area contributed by atoms with Crippen molar-refractivity contribution in [3.8, 4) is 0 Å². The molecule has 0 aromatic heterocycles. The van der Waals surface area contributed by atoms with E-state index < -0.39 is 0 Å². The Labute approximate surface area is 134 Å². The van der Waals surface area contributed by atoms with Crippen LogP contribution in [0.15, 0.2) is 18.2 Å². The number of nitrogens with one attached hydrogen (secondary N) is 1. The van der Waals surface area contributed by atoms with Crippen LogP contribution < -0.4 is 5.32 Å². The van der Waals surface area contributed by atoms with E-state index in [4.69, 9.17) is 11.6 Å². The molecule has 2 unspecified atom stereocenters. The molecule has 1 aromatic rings. The van der Waals surface area contributed by atoms with Crippen LogP contribution in [0.1, 0.15) is 70.0 Å². The van der Waals surface area contributed by atoms with E-state index in [1.807, 2.05) is 6.07 Å². The fraction of sp³-hybridized carbons (Fsp3) is 0.684. The maximum atomic E-state index is 6.24. The van der Waals surface area contributed by atoms with Crippen molar-refractivity contribution in [1.82, 2.24) is 5.32 Å². The highest BCUT2D eigenvalue weighted by Gasteiger charge is 2.40. The van der Waals surface area contributed by atoms with Crippen LogP contribution in [-0.2, 0) is 6.42 Å². The highest BCUT2D eigenvalue weighted by molar-refractivity contribution is 6.30. The third-order valence-electron chi connectivity index (χ3n) is 5.63. The van der Waals surface area contributed by atoms with Crippen LogP contribution in [0.3, 0.4) is 0 Å². The smallest absolute Gasteiger partial charge is 0.0409 e. The average Bonchev–Trinajstić information content (AvgIpc) is 2.71. The van der Waals surface area contributed by atoms with Crippen molar-refractivity contribution < 1.29 is 0 Å². The summed E-state index contributed by atoms with van der Waals surface area (Å²) in [5.74, 6) is 0.845. The third kappa shape index (κ3) is 3.14. The van der Waals surface area contributed by atoms with Crippen molar-refractivity contribution in [3.05, 3.63) is 34.3 Å². The summed E-state index contributed by atoms with van der Waals surface area (Å²) in [7, 11) is 0. The van der Waals surface area contributed by atoms with Crippen LogP contribution in [0, 0.1) is 11.3 Å². The van der Waals surface area contributed by atoms with Gasteiger partial charge in [0.05, 0.1) is 0 Å². The summed E-state index contributed by atoms with van der Waals surface area (Å²) in [6.45, 7) is 7.15. The van der Waals surface area contributed by atoms with Crippen molar-refractivity contribution >= 4 is 11.6 Å². The van der Waals surface area contributed by atoms with E-state index in [-0.39, 0.29) is 5.41 Å². The zero-order chi connectivity index (χ0) is 15.0. The molecular formula is C19H28ClN. The molecule has 0 heterocycles. The van der Waals surface area contributed by atoms with Crippen LogP contribution in [0.5, 0.6) is 0 Å². The van der Waals surface area contributed by atoms with Gasteiger partial charge in [0.15, 0.2) is 0 Å². The lowest BCUT2D eigenvalue weighted by Gasteiger charge is -2.36. The minimum absolute atomic E-state index is 0.274. The second kappa shape index (κ2) is 5.93. The van der Waals surface area contributed by atoms with Gasteiger partial charge in [-0.2, -0.15) is 0 Å². The molecule has 21 heavy (non-hydrogen) atoms.